The Morgan fingerprint density at radius 2 is 1.84 bits per heavy atom. The number of hydrogen-bond acceptors (Lipinski definition) is 8. The lowest BCUT2D eigenvalue weighted by Crippen LogP contribution is -2.29. The second kappa shape index (κ2) is 12.1. The summed E-state index contributed by atoms with van der Waals surface area (Å²) >= 11 is 2.73. The smallest absolute Gasteiger partial charge is 0.230 e. The number of thioether (sulfide) groups is 1. The molecule has 1 aromatic heterocycles. The zero-order chi connectivity index (χ0) is 22.8. The molecule has 8 nitrogen and oxygen atoms in total. The molecule has 0 bridgehead atoms. The standard InChI is InChI=1S/C22H26N6O2S2/c1-16(29)24-17-8-6-9-18(14-17)25-21-26-27-22(32-21)31-15-20(30)23-12-7-13-28(2)19-10-4-3-5-11-19/h3-6,8-11,14H,7,12-13,15H2,1-2H3,(H,23,30)(H,24,29)(H,25,26). The summed E-state index contributed by atoms with van der Waals surface area (Å²) in [5.41, 5.74) is 2.66. The van der Waals surface area contributed by atoms with Crippen LogP contribution in [0, 0.1) is 0 Å². The summed E-state index contributed by atoms with van der Waals surface area (Å²) in [5, 5.41) is 17.7. The van der Waals surface area contributed by atoms with Gasteiger partial charge in [0.2, 0.25) is 16.9 Å². The minimum absolute atomic E-state index is 0.0231. The first kappa shape index (κ1) is 23.6. The number of rotatable bonds is 11. The normalized spacial score (nSPS) is 10.4. The monoisotopic (exact) mass is 470 g/mol. The zero-order valence-corrected chi connectivity index (χ0v) is 19.6. The van der Waals surface area contributed by atoms with Gasteiger partial charge < -0.3 is 20.9 Å². The summed E-state index contributed by atoms with van der Waals surface area (Å²) in [7, 11) is 2.05. The van der Waals surface area contributed by atoms with Gasteiger partial charge in [-0.15, -0.1) is 10.2 Å². The molecule has 0 aliphatic heterocycles. The lowest BCUT2D eigenvalue weighted by atomic mass is 10.3. The van der Waals surface area contributed by atoms with E-state index in [1.54, 1.807) is 0 Å². The third-order valence-electron chi connectivity index (χ3n) is 4.36. The SMILES string of the molecule is CC(=O)Nc1cccc(Nc2nnc(SCC(=O)NCCCN(C)c3ccccc3)s2)c1. The van der Waals surface area contributed by atoms with Gasteiger partial charge in [0.25, 0.3) is 0 Å². The molecule has 2 amide bonds. The van der Waals surface area contributed by atoms with Crippen molar-refractivity contribution in [3.63, 3.8) is 0 Å². The van der Waals surface area contributed by atoms with Gasteiger partial charge >= 0.3 is 0 Å². The molecule has 0 saturated heterocycles. The molecule has 0 fully saturated rings. The summed E-state index contributed by atoms with van der Waals surface area (Å²) in [4.78, 5) is 25.5. The first-order valence-corrected chi connectivity index (χ1v) is 11.9. The van der Waals surface area contributed by atoms with Crippen LogP contribution in [0.15, 0.2) is 58.9 Å². The van der Waals surface area contributed by atoms with Crippen LogP contribution in [0.5, 0.6) is 0 Å². The lowest BCUT2D eigenvalue weighted by Gasteiger charge is -2.19. The molecule has 3 aromatic rings. The first-order valence-electron chi connectivity index (χ1n) is 10.1. The second-order valence-electron chi connectivity index (χ2n) is 7.01. The highest BCUT2D eigenvalue weighted by atomic mass is 32.2. The Hall–Kier alpha value is -3.11. The number of para-hydroxylation sites is 1. The van der Waals surface area contributed by atoms with Crippen LogP contribution < -0.4 is 20.9 Å². The summed E-state index contributed by atoms with van der Waals surface area (Å²) in [6, 6.07) is 17.5. The van der Waals surface area contributed by atoms with E-state index in [9.17, 15) is 9.59 Å². The van der Waals surface area contributed by atoms with E-state index in [4.69, 9.17) is 0 Å². The molecule has 0 aliphatic rings. The fourth-order valence-electron chi connectivity index (χ4n) is 2.85. The van der Waals surface area contributed by atoms with E-state index < -0.39 is 0 Å². The molecule has 0 radical (unpaired) electrons. The zero-order valence-electron chi connectivity index (χ0n) is 18.0. The van der Waals surface area contributed by atoms with Crippen molar-refractivity contribution in [1.29, 1.82) is 0 Å². The molecule has 168 valence electrons. The number of benzene rings is 2. The minimum Gasteiger partial charge on any atom is -0.375 e. The van der Waals surface area contributed by atoms with Crippen molar-refractivity contribution in [2.24, 2.45) is 0 Å². The molecule has 0 atom stereocenters. The summed E-state index contributed by atoms with van der Waals surface area (Å²) in [5.74, 6) is 0.143. The number of anilines is 4. The fourth-order valence-corrected chi connectivity index (χ4v) is 4.46. The van der Waals surface area contributed by atoms with Crippen molar-refractivity contribution in [2.45, 2.75) is 17.7 Å². The molecular weight excluding hydrogens is 444 g/mol. The van der Waals surface area contributed by atoms with Gasteiger partial charge in [-0.1, -0.05) is 47.4 Å². The van der Waals surface area contributed by atoms with E-state index in [-0.39, 0.29) is 11.8 Å². The number of amides is 2. The Morgan fingerprint density at radius 3 is 2.62 bits per heavy atom. The topological polar surface area (TPSA) is 99.2 Å². The van der Waals surface area contributed by atoms with E-state index in [1.807, 2.05) is 49.5 Å². The summed E-state index contributed by atoms with van der Waals surface area (Å²) in [6.07, 6.45) is 0.867. The Labute approximate surface area is 195 Å². The Bertz CT molecular complexity index is 1030. The number of aromatic nitrogens is 2. The number of nitrogens with one attached hydrogen (secondary N) is 3. The van der Waals surface area contributed by atoms with Gasteiger partial charge in [0.15, 0.2) is 4.34 Å². The van der Waals surface area contributed by atoms with Crippen LogP contribution in [0.4, 0.5) is 22.2 Å². The summed E-state index contributed by atoms with van der Waals surface area (Å²) in [6.45, 7) is 2.96. The molecule has 10 heteroatoms. The highest BCUT2D eigenvalue weighted by Crippen LogP contribution is 2.28. The molecule has 32 heavy (non-hydrogen) atoms. The molecule has 3 N–H and O–H groups in total. The van der Waals surface area contributed by atoms with Crippen molar-refractivity contribution in [3.8, 4) is 0 Å². The molecule has 2 aromatic carbocycles. The average molecular weight is 471 g/mol. The van der Waals surface area contributed by atoms with Gasteiger partial charge in [-0.2, -0.15) is 0 Å². The largest absolute Gasteiger partial charge is 0.375 e. The van der Waals surface area contributed by atoms with Crippen molar-refractivity contribution in [3.05, 3.63) is 54.6 Å². The van der Waals surface area contributed by atoms with Gasteiger partial charge in [-0.25, -0.2) is 0 Å². The van der Waals surface area contributed by atoms with Gasteiger partial charge in [-0.3, -0.25) is 9.59 Å². The Morgan fingerprint density at radius 1 is 1.06 bits per heavy atom. The van der Waals surface area contributed by atoms with E-state index in [0.717, 1.165) is 24.3 Å². The number of nitrogens with zero attached hydrogens (tertiary/aromatic N) is 3. The predicted molar refractivity (Wildman–Crippen MR) is 132 cm³/mol. The highest BCUT2D eigenvalue weighted by molar-refractivity contribution is 8.01. The molecule has 0 spiro atoms. The van der Waals surface area contributed by atoms with Crippen LogP contribution in [0.1, 0.15) is 13.3 Å². The van der Waals surface area contributed by atoms with E-state index in [0.29, 0.717) is 27.5 Å². The molecule has 1 heterocycles. The Kier molecular flexibility index (Phi) is 8.88. The van der Waals surface area contributed by atoms with Gasteiger partial charge in [0.05, 0.1) is 5.75 Å². The molecule has 0 unspecified atom stereocenters. The van der Waals surface area contributed by atoms with Crippen molar-refractivity contribution in [1.82, 2.24) is 15.5 Å². The third-order valence-corrected chi connectivity index (χ3v) is 6.33. The van der Waals surface area contributed by atoms with Crippen LogP contribution in [-0.4, -0.2) is 47.9 Å². The minimum atomic E-state index is -0.127. The highest BCUT2D eigenvalue weighted by Gasteiger charge is 2.09. The lowest BCUT2D eigenvalue weighted by molar-refractivity contribution is -0.118. The number of carbonyl (C=O) groups excluding carboxylic acids is 2. The molecular formula is C22H26N6O2S2. The van der Waals surface area contributed by atoms with Crippen LogP contribution in [0.25, 0.3) is 0 Å². The van der Waals surface area contributed by atoms with Crippen molar-refractivity contribution < 1.29 is 9.59 Å². The third kappa shape index (κ3) is 7.86. The fraction of sp³-hybridized carbons (Fsp3) is 0.273. The maximum atomic E-state index is 12.1. The maximum Gasteiger partial charge on any atom is 0.230 e. The van der Waals surface area contributed by atoms with Crippen LogP contribution in [0.3, 0.4) is 0 Å². The summed E-state index contributed by atoms with van der Waals surface area (Å²) < 4.78 is 0.712. The quantitative estimate of drug-likeness (QED) is 0.288. The molecule has 0 aliphatic carbocycles. The second-order valence-corrected chi connectivity index (χ2v) is 9.21. The van der Waals surface area contributed by atoms with E-state index in [2.05, 4.69) is 43.2 Å². The number of carbonyl (C=O) groups is 2. The Balaban J connectivity index is 1.36. The van der Waals surface area contributed by atoms with Gasteiger partial charge in [0, 0.05) is 44.1 Å². The van der Waals surface area contributed by atoms with Gasteiger partial charge in [-0.05, 0) is 36.8 Å². The molecule has 0 saturated carbocycles. The van der Waals surface area contributed by atoms with E-state index in [1.165, 1.54) is 30.0 Å². The predicted octanol–water partition coefficient (Wildman–Crippen LogP) is 3.97. The van der Waals surface area contributed by atoms with Gasteiger partial charge in [0.1, 0.15) is 0 Å². The van der Waals surface area contributed by atoms with Crippen LogP contribution in [0.2, 0.25) is 0 Å². The average Bonchev–Trinajstić information content (AvgIpc) is 3.23. The van der Waals surface area contributed by atoms with E-state index >= 15 is 0 Å². The van der Waals surface area contributed by atoms with Crippen LogP contribution >= 0.6 is 23.1 Å². The molecule has 3 rings (SSSR count). The first-order chi connectivity index (χ1) is 15.5. The number of hydrogen-bond donors (Lipinski definition) is 3. The van der Waals surface area contributed by atoms with Crippen molar-refractivity contribution in [2.75, 3.05) is 41.4 Å². The van der Waals surface area contributed by atoms with Crippen molar-refractivity contribution >= 4 is 57.1 Å². The van der Waals surface area contributed by atoms with Crippen LogP contribution in [-0.2, 0) is 9.59 Å². The maximum absolute atomic E-state index is 12.1.